The van der Waals surface area contributed by atoms with Crippen LogP contribution in [0, 0.1) is 0 Å². The van der Waals surface area contributed by atoms with Crippen molar-refractivity contribution in [3.05, 3.63) is 53.6 Å². The van der Waals surface area contributed by atoms with Crippen LogP contribution in [-0.4, -0.2) is 25.9 Å². The molecule has 1 fully saturated rings. The third-order valence-electron chi connectivity index (χ3n) is 5.14. The Kier molecular flexibility index (Phi) is 6.28. The van der Waals surface area contributed by atoms with Gasteiger partial charge in [-0.15, -0.1) is 12.4 Å². The SMILES string of the molecule is Cl.Nc1cccc2c1CCCN2Cc1ccc(OCC2CCCO2)cc1. The molecule has 2 aromatic carbocycles. The molecular formula is C21H27ClN2O2. The molecule has 1 unspecified atom stereocenters. The first-order valence-electron chi connectivity index (χ1n) is 9.25. The number of anilines is 2. The van der Waals surface area contributed by atoms with Crippen molar-refractivity contribution < 1.29 is 9.47 Å². The number of hydrogen-bond acceptors (Lipinski definition) is 4. The Labute approximate surface area is 161 Å². The number of nitrogen functional groups attached to an aromatic ring is 1. The van der Waals surface area contributed by atoms with Gasteiger partial charge >= 0.3 is 0 Å². The summed E-state index contributed by atoms with van der Waals surface area (Å²) in [6.07, 6.45) is 4.75. The molecule has 0 aliphatic carbocycles. The van der Waals surface area contributed by atoms with E-state index in [0.29, 0.717) is 6.61 Å². The van der Waals surface area contributed by atoms with Crippen LogP contribution in [0.5, 0.6) is 5.75 Å². The molecule has 26 heavy (non-hydrogen) atoms. The molecule has 5 heteroatoms. The first-order chi connectivity index (χ1) is 12.3. The van der Waals surface area contributed by atoms with E-state index in [4.69, 9.17) is 15.2 Å². The van der Waals surface area contributed by atoms with Crippen LogP contribution in [0.15, 0.2) is 42.5 Å². The Hall–Kier alpha value is -1.91. The van der Waals surface area contributed by atoms with Crippen molar-refractivity contribution in [3.8, 4) is 5.75 Å². The van der Waals surface area contributed by atoms with Gasteiger partial charge in [-0.05, 0) is 61.1 Å². The van der Waals surface area contributed by atoms with Crippen LogP contribution in [-0.2, 0) is 17.7 Å². The van der Waals surface area contributed by atoms with Crippen molar-refractivity contribution >= 4 is 23.8 Å². The lowest BCUT2D eigenvalue weighted by Gasteiger charge is -2.32. The van der Waals surface area contributed by atoms with Crippen LogP contribution in [0.2, 0.25) is 0 Å². The molecule has 2 aliphatic heterocycles. The molecule has 2 N–H and O–H groups in total. The van der Waals surface area contributed by atoms with E-state index in [1.807, 2.05) is 6.07 Å². The molecule has 1 saturated heterocycles. The normalized spacial score (nSPS) is 18.9. The summed E-state index contributed by atoms with van der Waals surface area (Å²) >= 11 is 0. The van der Waals surface area contributed by atoms with E-state index >= 15 is 0 Å². The number of rotatable bonds is 5. The Morgan fingerprint density at radius 3 is 2.73 bits per heavy atom. The molecule has 2 heterocycles. The van der Waals surface area contributed by atoms with Gasteiger partial charge in [0.2, 0.25) is 0 Å². The van der Waals surface area contributed by atoms with Gasteiger partial charge in [0, 0.05) is 31.1 Å². The molecule has 140 valence electrons. The zero-order chi connectivity index (χ0) is 17.1. The van der Waals surface area contributed by atoms with E-state index in [-0.39, 0.29) is 18.5 Å². The van der Waals surface area contributed by atoms with Crippen LogP contribution in [0.3, 0.4) is 0 Å². The third-order valence-corrected chi connectivity index (χ3v) is 5.14. The average Bonchev–Trinajstić information content (AvgIpc) is 3.16. The molecule has 0 bridgehead atoms. The van der Waals surface area contributed by atoms with Crippen molar-refractivity contribution in [3.63, 3.8) is 0 Å². The molecule has 2 aromatic rings. The summed E-state index contributed by atoms with van der Waals surface area (Å²) in [5, 5.41) is 0. The molecule has 0 saturated carbocycles. The summed E-state index contributed by atoms with van der Waals surface area (Å²) in [7, 11) is 0. The van der Waals surface area contributed by atoms with Gasteiger partial charge in [0.15, 0.2) is 0 Å². The fourth-order valence-electron chi connectivity index (χ4n) is 3.77. The minimum atomic E-state index is 0. The second kappa shape index (κ2) is 8.65. The molecule has 4 nitrogen and oxygen atoms in total. The Balaban J connectivity index is 0.00000196. The van der Waals surface area contributed by atoms with Crippen LogP contribution in [0.25, 0.3) is 0 Å². The smallest absolute Gasteiger partial charge is 0.119 e. The second-order valence-corrected chi connectivity index (χ2v) is 6.96. The third kappa shape index (κ3) is 4.25. The fraction of sp³-hybridized carbons (Fsp3) is 0.429. The van der Waals surface area contributed by atoms with Gasteiger partial charge in [0.25, 0.3) is 0 Å². The number of ether oxygens (including phenoxy) is 2. The van der Waals surface area contributed by atoms with Gasteiger partial charge in [-0.25, -0.2) is 0 Å². The van der Waals surface area contributed by atoms with E-state index < -0.39 is 0 Å². The van der Waals surface area contributed by atoms with Crippen LogP contribution in [0.4, 0.5) is 11.4 Å². The summed E-state index contributed by atoms with van der Waals surface area (Å²) in [5.41, 5.74) is 10.9. The van der Waals surface area contributed by atoms with E-state index in [1.165, 1.54) is 16.8 Å². The highest BCUT2D eigenvalue weighted by Gasteiger charge is 2.19. The number of fused-ring (bicyclic) bond motifs is 1. The number of hydrogen-bond donors (Lipinski definition) is 1. The Morgan fingerprint density at radius 1 is 1.12 bits per heavy atom. The quantitative estimate of drug-likeness (QED) is 0.797. The first-order valence-corrected chi connectivity index (χ1v) is 9.25. The standard InChI is InChI=1S/C21H26N2O2.ClH/c22-20-6-1-7-21-19(20)5-2-12-23(21)14-16-8-10-17(11-9-16)25-15-18-4-3-13-24-18;/h1,6-11,18H,2-5,12-15,22H2;1H. The van der Waals surface area contributed by atoms with Gasteiger partial charge in [-0.1, -0.05) is 18.2 Å². The fourth-order valence-corrected chi connectivity index (χ4v) is 3.77. The molecule has 4 rings (SSSR count). The second-order valence-electron chi connectivity index (χ2n) is 6.96. The summed E-state index contributed by atoms with van der Waals surface area (Å²) in [4.78, 5) is 2.43. The highest BCUT2D eigenvalue weighted by Crippen LogP contribution is 2.32. The number of benzene rings is 2. The van der Waals surface area contributed by atoms with Gasteiger partial charge in [0.05, 0.1) is 6.10 Å². The molecule has 0 spiro atoms. The van der Waals surface area contributed by atoms with E-state index in [0.717, 1.165) is 56.8 Å². The molecular weight excluding hydrogens is 348 g/mol. The predicted molar refractivity (Wildman–Crippen MR) is 108 cm³/mol. The van der Waals surface area contributed by atoms with Crippen molar-refractivity contribution in [1.29, 1.82) is 0 Å². The molecule has 0 amide bonds. The number of nitrogens with zero attached hydrogens (tertiary/aromatic N) is 1. The summed E-state index contributed by atoms with van der Waals surface area (Å²) < 4.78 is 11.5. The van der Waals surface area contributed by atoms with Crippen LogP contribution in [0.1, 0.15) is 30.4 Å². The molecule has 1 atom stereocenters. The van der Waals surface area contributed by atoms with Gasteiger partial charge in [-0.2, -0.15) is 0 Å². The summed E-state index contributed by atoms with van der Waals surface area (Å²) in [6.45, 7) is 3.50. The van der Waals surface area contributed by atoms with E-state index in [1.54, 1.807) is 0 Å². The van der Waals surface area contributed by atoms with Crippen molar-refractivity contribution in [1.82, 2.24) is 0 Å². The maximum atomic E-state index is 6.15. The molecule has 0 aromatic heterocycles. The van der Waals surface area contributed by atoms with E-state index in [9.17, 15) is 0 Å². The Morgan fingerprint density at radius 2 is 1.96 bits per heavy atom. The maximum absolute atomic E-state index is 6.15. The van der Waals surface area contributed by atoms with Crippen molar-refractivity contribution in [2.24, 2.45) is 0 Å². The topological polar surface area (TPSA) is 47.7 Å². The lowest BCUT2D eigenvalue weighted by Crippen LogP contribution is -2.29. The van der Waals surface area contributed by atoms with Gasteiger partial charge in [-0.3, -0.25) is 0 Å². The maximum Gasteiger partial charge on any atom is 0.119 e. The van der Waals surface area contributed by atoms with E-state index in [2.05, 4.69) is 41.3 Å². The van der Waals surface area contributed by atoms with Crippen LogP contribution >= 0.6 is 12.4 Å². The molecule has 0 radical (unpaired) electrons. The minimum Gasteiger partial charge on any atom is -0.491 e. The zero-order valence-corrected chi connectivity index (χ0v) is 15.8. The minimum absolute atomic E-state index is 0. The van der Waals surface area contributed by atoms with Gasteiger partial charge in [0.1, 0.15) is 12.4 Å². The first kappa shape index (κ1) is 18.9. The lowest BCUT2D eigenvalue weighted by molar-refractivity contribution is 0.0679. The highest BCUT2D eigenvalue weighted by molar-refractivity contribution is 5.85. The summed E-state index contributed by atoms with van der Waals surface area (Å²) in [5.74, 6) is 0.919. The lowest BCUT2D eigenvalue weighted by atomic mass is 9.99. The van der Waals surface area contributed by atoms with Crippen LogP contribution < -0.4 is 15.4 Å². The van der Waals surface area contributed by atoms with Gasteiger partial charge < -0.3 is 20.1 Å². The highest BCUT2D eigenvalue weighted by atomic mass is 35.5. The monoisotopic (exact) mass is 374 g/mol. The average molecular weight is 375 g/mol. The van der Waals surface area contributed by atoms with Crippen molar-refractivity contribution in [2.45, 2.75) is 38.3 Å². The molecule has 2 aliphatic rings. The summed E-state index contributed by atoms with van der Waals surface area (Å²) in [6, 6.07) is 14.7. The largest absolute Gasteiger partial charge is 0.491 e. The number of nitrogens with two attached hydrogens (primary N) is 1. The predicted octanol–water partition coefficient (Wildman–Crippen LogP) is 4.20. The zero-order valence-electron chi connectivity index (χ0n) is 15.0. The number of halogens is 1. The Bertz CT molecular complexity index is 714. The van der Waals surface area contributed by atoms with Crippen molar-refractivity contribution in [2.75, 3.05) is 30.4 Å².